The molecule has 1 nitrogen and oxygen atoms in total. The highest BCUT2D eigenvalue weighted by atomic mass is 15.2. The van der Waals surface area contributed by atoms with Crippen molar-refractivity contribution in [3.05, 3.63) is 71.8 Å². The van der Waals surface area contributed by atoms with Crippen LogP contribution in [0, 0.1) is 5.92 Å². The summed E-state index contributed by atoms with van der Waals surface area (Å²) in [7, 11) is 2.37. The first kappa shape index (κ1) is 15.9. The molecule has 1 heteroatoms. The molecule has 0 spiro atoms. The molecular formula is C23H29N. The number of hydrogen-bond donors (Lipinski definition) is 0. The van der Waals surface area contributed by atoms with E-state index < -0.39 is 0 Å². The second-order valence-electron chi connectivity index (χ2n) is 7.76. The summed E-state index contributed by atoms with van der Waals surface area (Å²) in [4.78, 5) is 2.70. The van der Waals surface area contributed by atoms with E-state index in [4.69, 9.17) is 0 Å². The Bertz CT molecular complexity index is 636. The van der Waals surface area contributed by atoms with Crippen molar-refractivity contribution in [2.24, 2.45) is 5.92 Å². The maximum atomic E-state index is 2.70. The number of aryl methyl sites for hydroxylation is 1. The summed E-state index contributed by atoms with van der Waals surface area (Å²) >= 11 is 0. The zero-order chi connectivity index (χ0) is 16.4. The molecule has 2 aliphatic heterocycles. The first-order valence-electron chi connectivity index (χ1n) is 9.64. The van der Waals surface area contributed by atoms with Crippen molar-refractivity contribution < 1.29 is 0 Å². The van der Waals surface area contributed by atoms with Crippen LogP contribution in [0.5, 0.6) is 0 Å². The van der Waals surface area contributed by atoms with Crippen LogP contribution in [-0.4, -0.2) is 24.0 Å². The molecule has 0 radical (unpaired) electrons. The van der Waals surface area contributed by atoms with E-state index >= 15 is 0 Å². The summed E-state index contributed by atoms with van der Waals surface area (Å²) in [6.07, 6.45) is 8.05. The lowest BCUT2D eigenvalue weighted by Gasteiger charge is -2.43. The molecule has 4 rings (SSSR count). The fraction of sp³-hybridized carbons (Fsp3) is 0.478. The molecule has 4 atom stereocenters. The Hall–Kier alpha value is -1.60. The van der Waals surface area contributed by atoms with Crippen LogP contribution < -0.4 is 0 Å². The van der Waals surface area contributed by atoms with E-state index in [0.29, 0.717) is 0 Å². The highest BCUT2D eigenvalue weighted by Gasteiger charge is 2.45. The third-order valence-electron chi connectivity index (χ3n) is 6.51. The Morgan fingerprint density at radius 2 is 1.62 bits per heavy atom. The van der Waals surface area contributed by atoms with Crippen molar-refractivity contribution >= 4 is 0 Å². The lowest BCUT2D eigenvalue weighted by molar-refractivity contribution is 0.0933. The van der Waals surface area contributed by atoms with Gasteiger partial charge in [-0.3, -0.25) is 0 Å². The average Bonchev–Trinajstić information content (AvgIpc) is 2.88. The van der Waals surface area contributed by atoms with Gasteiger partial charge >= 0.3 is 0 Å². The molecule has 0 N–H and O–H groups in total. The van der Waals surface area contributed by atoms with Crippen LogP contribution in [0.3, 0.4) is 0 Å². The molecule has 2 heterocycles. The molecule has 0 unspecified atom stereocenters. The van der Waals surface area contributed by atoms with E-state index in [-0.39, 0.29) is 0 Å². The zero-order valence-corrected chi connectivity index (χ0v) is 14.8. The number of rotatable bonds is 5. The number of fused-ring (bicyclic) bond motifs is 2. The maximum absolute atomic E-state index is 2.70. The van der Waals surface area contributed by atoms with Gasteiger partial charge in [0.05, 0.1) is 0 Å². The van der Waals surface area contributed by atoms with Gasteiger partial charge in [0.15, 0.2) is 0 Å². The van der Waals surface area contributed by atoms with Crippen molar-refractivity contribution in [3.63, 3.8) is 0 Å². The molecule has 24 heavy (non-hydrogen) atoms. The van der Waals surface area contributed by atoms with Gasteiger partial charge < -0.3 is 4.90 Å². The topological polar surface area (TPSA) is 3.24 Å². The van der Waals surface area contributed by atoms with Gasteiger partial charge in [0, 0.05) is 12.1 Å². The lowest BCUT2D eigenvalue weighted by atomic mass is 9.74. The predicted molar refractivity (Wildman–Crippen MR) is 101 cm³/mol. The quantitative estimate of drug-likeness (QED) is 0.725. The fourth-order valence-corrected chi connectivity index (χ4v) is 5.24. The monoisotopic (exact) mass is 319 g/mol. The molecule has 126 valence electrons. The van der Waals surface area contributed by atoms with Gasteiger partial charge in [0.1, 0.15) is 0 Å². The minimum atomic E-state index is 0.760. The molecule has 2 aromatic rings. The molecule has 0 amide bonds. The van der Waals surface area contributed by atoms with Crippen LogP contribution in [0.1, 0.15) is 49.1 Å². The molecule has 2 aliphatic rings. The molecule has 2 saturated heterocycles. The van der Waals surface area contributed by atoms with E-state index in [1.165, 1.54) is 44.1 Å². The van der Waals surface area contributed by atoms with Crippen LogP contribution in [0.25, 0.3) is 0 Å². The lowest BCUT2D eigenvalue weighted by Crippen LogP contribution is -2.45. The van der Waals surface area contributed by atoms with Gasteiger partial charge in [0.25, 0.3) is 0 Å². The van der Waals surface area contributed by atoms with Gasteiger partial charge in [-0.25, -0.2) is 0 Å². The minimum Gasteiger partial charge on any atom is -0.300 e. The van der Waals surface area contributed by atoms with Crippen LogP contribution in [0.15, 0.2) is 60.7 Å². The first-order valence-corrected chi connectivity index (χ1v) is 9.64. The first-order chi connectivity index (χ1) is 11.8. The molecule has 2 bridgehead atoms. The Labute approximate surface area is 146 Å². The predicted octanol–water partition coefficient (Wildman–Crippen LogP) is 5.28. The van der Waals surface area contributed by atoms with E-state index in [1.54, 1.807) is 5.56 Å². The van der Waals surface area contributed by atoms with Crippen molar-refractivity contribution in [1.82, 2.24) is 4.90 Å². The largest absolute Gasteiger partial charge is 0.300 e. The third kappa shape index (κ3) is 3.15. The normalized spacial score (nSPS) is 29.7. The number of benzene rings is 2. The summed E-state index contributed by atoms with van der Waals surface area (Å²) in [6.45, 7) is 0. The van der Waals surface area contributed by atoms with Crippen LogP contribution >= 0.6 is 0 Å². The average molecular weight is 319 g/mol. The number of piperidine rings is 1. The Balaban J connectivity index is 1.48. The Morgan fingerprint density at radius 3 is 2.38 bits per heavy atom. The van der Waals surface area contributed by atoms with Crippen LogP contribution in [0.4, 0.5) is 0 Å². The summed E-state index contributed by atoms with van der Waals surface area (Å²) in [5.74, 6) is 1.58. The molecule has 0 aliphatic carbocycles. The number of hydrogen-bond acceptors (Lipinski definition) is 1. The highest BCUT2D eigenvalue weighted by Crippen LogP contribution is 2.47. The van der Waals surface area contributed by atoms with E-state index in [0.717, 1.165) is 23.9 Å². The molecule has 0 saturated carbocycles. The van der Waals surface area contributed by atoms with Gasteiger partial charge in [0.2, 0.25) is 0 Å². The summed E-state index contributed by atoms with van der Waals surface area (Å²) in [5.41, 5.74) is 3.06. The third-order valence-corrected chi connectivity index (χ3v) is 6.51. The Morgan fingerprint density at radius 1 is 0.917 bits per heavy atom. The van der Waals surface area contributed by atoms with Gasteiger partial charge in [-0.1, -0.05) is 60.7 Å². The smallest absolute Gasteiger partial charge is 0.0130 e. The maximum Gasteiger partial charge on any atom is 0.0130 e. The van der Waals surface area contributed by atoms with E-state index in [1.807, 2.05) is 0 Å². The summed E-state index contributed by atoms with van der Waals surface area (Å²) in [5, 5.41) is 0. The van der Waals surface area contributed by atoms with E-state index in [2.05, 4.69) is 72.6 Å². The summed E-state index contributed by atoms with van der Waals surface area (Å²) in [6, 6.07) is 23.9. The van der Waals surface area contributed by atoms with Crippen molar-refractivity contribution in [2.45, 2.75) is 56.5 Å². The molecular weight excluding hydrogens is 290 g/mol. The second-order valence-corrected chi connectivity index (χ2v) is 7.76. The standard InChI is InChI=1S/C23H29N/c1-24-20-15-16-23(24)21(14-8-11-18-9-4-2-5-10-18)22(17-20)19-12-6-3-7-13-19/h2-7,9-10,12-13,20-23H,8,11,14-17H2,1H3/t20-,21-,22+,23+/m0/s1. The van der Waals surface area contributed by atoms with Crippen molar-refractivity contribution in [2.75, 3.05) is 7.05 Å². The van der Waals surface area contributed by atoms with Crippen LogP contribution in [-0.2, 0) is 6.42 Å². The van der Waals surface area contributed by atoms with Crippen molar-refractivity contribution in [1.29, 1.82) is 0 Å². The zero-order valence-electron chi connectivity index (χ0n) is 14.8. The van der Waals surface area contributed by atoms with E-state index in [9.17, 15) is 0 Å². The SMILES string of the molecule is CN1[C@H]2CC[C@@H]1[C@@H](CCCc1ccccc1)[C@@H](c1ccccc1)C2. The number of nitrogens with zero attached hydrogens (tertiary/aromatic N) is 1. The molecule has 2 aromatic carbocycles. The Kier molecular flexibility index (Phi) is 4.71. The fourth-order valence-electron chi connectivity index (χ4n) is 5.24. The van der Waals surface area contributed by atoms with Gasteiger partial charge in [-0.15, -0.1) is 0 Å². The minimum absolute atomic E-state index is 0.760. The van der Waals surface area contributed by atoms with Crippen molar-refractivity contribution in [3.8, 4) is 0 Å². The van der Waals surface area contributed by atoms with Gasteiger partial charge in [-0.05, 0) is 68.5 Å². The highest BCUT2D eigenvalue weighted by molar-refractivity contribution is 5.23. The molecule has 0 aromatic heterocycles. The van der Waals surface area contributed by atoms with Gasteiger partial charge in [-0.2, -0.15) is 0 Å². The summed E-state index contributed by atoms with van der Waals surface area (Å²) < 4.78 is 0. The molecule has 2 fully saturated rings. The van der Waals surface area contributed by atoms with Crippen LogP contribution in [0.2, 0.25) is 0 Å². The second kappa shape index (κ2) is 7.11.